The van der Waals surface area contributed by atoms with Gasteiger partial charge in [-0.2, -0.15) is 0 Å². The largest absolute Gasteiger partial charge is 0.318 e. The van der Waals surface area contributed by atoms with Gasteiger partial charge in [-0.15, -0.1) is 11.3 Å². The number of fused-ring (bicyclic) bond motifs is 9. The highest BCUT2D eigenvalue weighted by Crippen LogP contribution is 2.45. The van der Waals surface area contributed by atoms with Crippen molar-refractivity contribution < 1.29 is 0 Å². The molecule has 9 aromatic rings. The summed E-state index contributed by atoms with van der Waals surface area (Å²) in [6.45, 7) is 7.97. The molecule has 0 saturated carbocycles. The first-order valence-corrected chi connectivity index (χ1v) is 14.5. The molecule has 3 nitrogen and oxygen atoms in total. The highest BCUT2D eigenvalue weighted by molar-refractivity contribution is 7.26. The molecular weight excluding hydrogens is 518 g/mol. The third-order valence-corrected chi connectivity index (χ3v) is 9.53. The molecule has 0 fully saturated rings. The van der Waals surface area contributed by atoms with Gasteiger partial charge in [0.25, 0.3) is 0 Å². The van der Waals surface area contributed by atoms with E-state index < -0.39 is 0 Å². The van der Waals surface area contributed by atoms with Gasteiger partial charge in [0.15, 0.2) is 0 Å². The summed E-state index contributed by atoms with van der Waals surface area (Å²) < 4.78 is 7.21. The van der Waals surface area contributed by atoms with Crippen LogP contribution in [0.15, 0.2) is 127 Å². The van der Waals surface area contributed by atoms with E-state index in [0.29, 0.717) is 5.69 Å². The van der Waals surface area contributed by atoms with E-state index in [1.807, 2.05) is 23.5 Å². The van der Waals surface area contributed by atoms with Crippen LogP contribution in [0.3, 0.4) is 0 Å². The van der Waals surface area contributed by atoms with Crippen LogP contribution in [0.4, 0.5) is 5.69 Å². The van der Waals surface area contributed by atoms with Gasteiger partial charge in [0.1, 0.15) is 0 Å². The summed E-state index contributed by atoms with van der Waals surface area (Å²) in [7, 11) is 0. The molecular formula is C37H21N3S. The van der Waals surface area contributed by atoms with Gasteiger partial charge in [-0.1, -0.05) is 91.0 Å². The molecule has 0 aliphatic heterocycles. The van der Waals surface area contributed by atoms with Crippen molar-refractivity contribution in [2.24, 2.45) is 0 Å². The maximum atomic E-state index is 7.97. The summed E-state index contributed by atoms with van der Waals surface area (Å²) in [6, 6.07) is 45.1. The van der Waals surface area contributed by atoms with Gasteiger partial charge in [-0.25, -0.2) is 4.85 Å². The highest BCUT2D eigenvalue weighted by atomic mass is 32.1. The van der Waals surface area contributed by atoms with Crippen LogP contribution in [0.1, 0.15) is 0 Å². The molecule has 0 spiro atoms. The van der Waals surface area contributed by atoms with Gasteiger partial charge in [0.2, 0.25) is 5.69 Å². The SMILES string of the molecule is [C-]#[N+]c1cccc2c3ccccc3n(-c3cccc4sc5c(-n6c7ccccc7c7ccccc76)cccc5c34)c12. The molecule has 0 atom stereocenters. The van der Waals surface area contributed by atoms with Crippen LogP contribution in [-0.2, 0) is 0 Å². The van der Waals surface area contributed by atoms with E-state index in [2.05, 4.69) is 129 Å². The molecule has 0 aliphatic carbocycles. The first-order chi connectivity index (χ1) is 20.3. The van der Waals surface area contributed by atoms with E-state index in [0.717, 1.165) is 27.5 Å². The van der Waals surface area contributed by atoms with E-state index in [9.17, 15) is 0 Å². The summed E-state index contributed by atoms with van der Waals surface area (Å²) in [5.41, 5.74) is 7.47. The zero-order valence-corrected chi connectivity index (χ0v) is 22.7. The van der Waals surface area contributed by atoms with E-state index in [1.54, 1.807) is 0 Å². The minimum Gasteiger partial charge on any atom is -0.318 e. The fourth-order valence-corrected chi connectivity index (χ4v) is 7.93. The van der Waals surface area contributed by atoms with Crippen molar-refractivity contribution in [3.8, 4) is 11.4 Å². The highest BCUT2D eigenvalue weighted by Gasteiger charge is 2.21. The lowest BCUT2D eigenvalue weighted by atomic mass is 10.1. The van der Waals surface area contributed by atoms with Crippen LogP contribution >= 0.6 is 11.3 Å². The van der Waals surface area contributed by atoms with Crippen molar-refractivity contribution in [3.05, 3.63) is 139 Å². The van der Waals surface area contributed by atoms with Gasteiger partial charge in [0, 0.05) is 31.6 Å². The van der Waals surface area contributed by atoms with Crippen LogP contribution < -0.4 is 0 Å². The fraction of sp³-hybridized carbons (Fsp3) is 0. The van der Waals surface area contributed by atoms with E-state index in [-0.39, 0.29) is 0 Å². The third-order valence-electron chi connectivity index (χ3n) is 8.34. The van der Waals surface area contributed by atoms with Crippen LogP contribution in [0.25, 0.3) is 80.0 Å². The number of hydrogen-bond acceptors (Lipinski definition) is 1. The lowest BCUT2D eigenvalue weighted by molar-refractivity contribution is 1.20. The fourth-order valence-electron chi connectivity index (χ4n) is 6.70. The minimum atomic E-state index is 0.668. The van der Waals surface area contributed by atoms with Crippen molar-refractivity contribution in [1.82, 2.24) is 9.13 Å². The van der Waals surface area contributed by atoms with Crippen molar-refractivity contribution in [1.29, 1.82) is 0 Å². The molecule has 0 amide bonds. The lowest BCUT2D eigenvalue weighted by Gasteiger charge is -2.12. The van der Waals surface area contributed by atoms with Gasteiger partial charge < -0.3 is 9.13 Å². The Kier molecular flexibility index (Phi) is 4.55. The topological polar surface area (TPSA) is 14.2 Å². The lowest BCUT2D eigenvalue weighted by Crippen LogP contribution is -1.95. The van der Waals surface area contributed by atoms with Gasteiger partial charge in [0.05, 0.1) is 44.7 Å². The summed E-state index contributed by atoms with van der Waals surface area (Å²) in [6.07, 6.45) is 0. The molecule has 0 radical (unpaired) electrons. The first kappa shape index (κ1) is 22.4. The average molecular weight is 540 g/mol. The molecule has 0 unspecified atom stereocenters. The Labute approximate surface area is 239 Å². The molecule has 6 aromatic carbocycles. The second-order valence-corrected chi connectivity index (χ2v) is 11.5. The van der Waals surface area contributed by atoms with E-state index in [1.165, 1.54) is 47.7 Å². The van der Waals surface area contributed by atoms with Gasteiger partial charge in [-0.3, -0.25) is 0 Å². The molecule has 0 saturated heterocycles. The quantitative estimate of drug-likeness (QED) is 0.194. The monoisotopic (exact) mass is 539 g/mol. The summed E-state index contributed by atoms with van der Waals surface area (Å²) in [5.74, 6) is 0. The van der Waals surface area contributed by atoms with Crippen LogP contribution in [0.2, 0.25) is 0 Å². The van der Waals surface area contributed by atoms with Crippen molar-refractivity contribution >= 4 is 80.8 Å². The Balaban J connectivity index is 1.43. The minimum absolute atomic E-state index is 0.668. The molecule has 0 bridgehead atoms. The normalized spacial score (nSPS) is 11.9. The zero-order valence-electron chi connectivity index (χ0n) is 21.9. The van der Waals surface area contributed by atoms with E-state index in [4.69, 9.17) is 6.57 Å². The molecule has 9 rings (SSSR count). The second-order valence-electron chi connectivity index (χ2n) is 10.4. The van der Waals surface area contributed by atoms with Crippen LogP contribution in [0, 0.1) is 6.57 Å². The summed E-state index contributed by atoms with van der Waals surface area (Å²) in [4.78, 5) is 3.94. The maximum Gasteiger partial charge on any atom is 0.211 e. The predicted octanol–water partition coefficient (Wildman–Crippen LogP) is 10.8. The molecule has 3 aromatic heterocycles. The number of rotatable bonds is 2. The smallest absolute Gasteiger partial charge is 0.211 e. The second kappa shape index (κ2) is 8.32. The Morgan fingerprint density at radius 2 is 1.02 bits per heavy atom. The Morgan fingerprint density at radius 1 is 0.488 bits per heavy atom. The maximum absolute atomic E-state index is 7.97. The number of para-hydroxylation sites is 4. The number of thiophene rings is 1. The summed E-state index contributed by atoms with van der Waals surface area (Å²) in [5, 5.41) is 7.24. The van der Waals surface area contributed by atoms with Crippen molar-refractivity contribution in [2.75, 3.05) is 0 Å². The molecule has 0 aliphatic rings. The Bertz CT molecular complexity index is 2500. The molecule has 190 valence electrons. The number of aromatic nitrogens is 2. The van der Waals surface area contributed by atoms with Crippen LogP contribution in [0.5, 0.6) is 0 Å². The van der Waals surface area contributed by atoms with Crippen molar-refractivity contribution in [3.63, 3.8) is 0 Å². The standard InChI is InChI=1S/C37H21N3S/c1-38-28-16-8-14-26-25-13-4-7-19-31(25)40(36(26)28)32-20-10-22-34-35(32)27-15-9-21-33(37(27)41-34)39-29-17-5-2-11-23(29)24-12-3-6-18-30(24)39/h2-22H. The number of nitrogens with zero attached hydrogens (tertiary/aromatic N) is 3. The molecule has 41 heavy (non-hydrogen) atoms. The summed E-state index contributed by atoms with van der Waals surface area (Å²) >= 11 is 1.84. The van der Waals surface area contributed by atoms with Gasteiger partial charge in [-0.05, 0) is 41.8 Å². The van der Waals surface area contributed by atoms with E-state index >= 15 is 0 Å². The average Bonchev–Trinajstić information content (AvgIpc) is 3.69. The Hall–Kier alpha value is -5.37. The first-order valence-electron chi connectivity index (χ1n) is 13.7. The third kappa shape index (κ3) is 2.96. The molecule has 0 N–H and O–H groups in total. The molecule has 3 heterocycles. The van der Waals surface area contributed by atoms with Gasteiger partial charge >= 0.3 is 0 Å². The Morgan fingerprint density at radius 3 is 1.73 bits per heavy atom. The number of hydrogen-bond donors (Lipinski definition) is 0. The zero-order chi connectivity index (χ0) is 27.1. The predicted molar refractivity (Wildman–Crippen MR) is 174 cm³/mol. The van der Waals surface area contributed by atoms with Crippen molar-refractivity contribution in [2.45, 2.75) is 0 Å². The van der Waals surface area contributed by atoms with Crippen LogP contribution in [-0.4, -0.2) is 9.13 Å². The number of benzene rings is 6. The molecule has 4 heteroatoms.